The van der Waals surface area contributed by atoms with Gasteiger partial charge in [0.15, 0.2) is 0 Å². The van der Waals surface area contributed by atoms with Crippen molar-refractivity contribution in [3.05, 3.63) is 112 Å². The topological polar surface area (TPSA) is 100 Å². The number of hydrogen-bond donors (Lipinski definition) is 2. The Morgan fingerprint density at radius 1 is 0.909 bits per heavy atom. The molecule has 2 N–H and O–H groups in total. The molecular formula is C26H18N4O3. The molecule has 1 heterocycles. The third-order valence-electron chi connectivity index (χ3n) is 5.48. The highest BCUT2D eigenvalue weighted by Crippen LogP contribution is 2.34. The molecule has 0 aliphatic carbocycles. The van der Waals surface area contributed by atoms with E-state index in [4.69, 9.17) is 0 Å². The highest BCUT2D eigenvalue weighted by atomic mass is 16.6. The molecule has 33 heavy (non-hydrogen) atoms. The van der Waals surface area contributed by atoms with Crippen LogP contribution < -0.4 is 5.43 Å². The average Bonchev–Trinajstić information content (AvgIpc) is 3.23. The van der Waals surface area contributed by atoms with E-state index in [9.17, 15) is 14.9 Å². The van der Waals surface area contributed by atoms with Crippen LogP contribution >= 0.6 is 0 Å². The first kappa shape index (κ1) is 20.1. The second-order valence-corrected chi connectivity index (χ2v) is 7.50. The Kier molecular flexibility index (Phi) is 5.12. The van der Waals surface area contributed by atoms with Crippen molar-refractivity contribution in [2.24, 2.45) is 5.10 Å². The SMILES string of the molecule is O=C(NN=Cc1cccc2ccccc12)c1[nH]c2ccc([N+](=O)[O-])cc2c1-c1ccccc1. The van der Waals surface area contributed by atoms with Gasteiger partial charge in [-0.3, -0.25) is 14.9 Å². The van der Waals surface area contributed by atoms with Crippen molar-refractivity contribution in [3.8, 4) is 11.1 Å². The lowest BCUT2D eigenvalue weighted by Gasteiger charge is -2.05. The molecule has 0 bridgehead atoms. The molecule has 5 aromatic rings. The third-order valence-corrected chi connectivity index (χ3v) is 5.48. The number of non-ortho nitro benzene ring substituents is 1. The number of benzene rings is 4. The summed E-state index contributed by atoms with van der Waals surface area (Å²) in [5.74, 6) is -0.441. The van der Waals surface area contributed by atoms with Crippen molar-refractivity contribution in [1.29, 1.82) is 0 Å². The van der Waals surface area contributed by atoms with E-state index in [2.05, 4.69) is 15.5 Å². The van der Waals surface area contributed by atoms with Crippen LogP contribution in [0.1, 0.15) is 16.1 Å². The smallest absolute Gasteiger partial charge is 0.288 e. The van der Waals surface area contributed by atoms with Gasteiger partial charge in [-0.15, -0.1) is 0 Å². The van der Waals surface area contributed by atoms with Crippen LogP contribution in [-0.4, -0.2) is 22.0 Å². The number of nitrogens with one attached hydrogen (secondary N) is 2. The summed E-state index contributed by atoms with van der Waals surface area (Å²) in [6.45, 7) is 0. The van der Waals surface area contributed by atoms with Gasteiger partial charge in [-0.25, -0.2) is 5.43 Å². The molecule has 0 radical (unpaired) electrons. The normalized spacial score (nSPS) is 11.3. The van der Waals surface area contributed by atoms with Crippen LogP contribution in [0, 0.1) is 10.1 Å². The van der Waals surface area contributed by atoms with Crippen molar-refractivity contribution in [3.63, 3.8) is 0 Å². The predicted molar refractivity (Wildman–Crippen MR) is 129 cm³/mol. The summed E-state index contributed by atoms with van der Waals surface area (Å²) in [5, 5.41) is 18.2. The van der Waals surface area contributed by atoms with Gasteiger partial charge in [0.25, 0.3) is 11.6 Å². The van der Waals surface area contributed by atoms with Gasteiger partial charge in [0.1, 0.15) is 5.69 Å². The number of carbonyl (C=O) groups is 1. The monoisotopic (exact) mass is 434 g/mol. The van der Waals surface area contributed by atoms with Gasteiger partial charge < -0.3 is 4.98 Å². The number of hydrogen-bond acceptors (Lipinski definition) is 4. The summed E-state index contributed by atoms with van der Waals surface area (Å²) in [5.41, 5.74) is 5.69. The minimum Gasteiger partial charge on any atom is -0.350 e. The van der Waals surface area contributed by atoms with E-state index in [1.807, 2.05) is 72.8 Å². The molecule has 0 spiro atoms. The highest BCUT2D eigenvalue weighted by Gasteiger charge is 2.21. The van der Waals surface area contributed by atoms with Gasteiger partial charge in [-0.05, 0) is 22.4 Å². The van der Waals surface area contributed by atoms with Crippen molar-refractivity contribution < 1.29 is 9.72 Å². The van der Waals surface area contributed by atoms with Crippen LogP contribution in [0.15, 0.2) is 96.1 Å². The lowest BCUT2D eigenvalue weighted by Crippen LogP contribution is -2.18. The maximum absolute atomic E-state index is 13.1. The number of nitrogens with zero attached hydrogens (tertiary/aromatic N) is 2. The number of nitro groups is 1. The first-order valence-corrected chi connectivity index (χ1v) is 10.3. The summed E-state index contributed by atoms with van der Waals surface area (Å²) < 4.78 is 0. The van der Waals surface area contributed by atoms with Crippen molar-refractivity contribution in [2.45, 2.75) is 0 Å². The number of carbonyl (C=O) groups excluding carboxylic acids is 1. The van der Waals surface area contributed by atoms with E-state index in [-0.39, 0.29) is 11.4 Å². The Morgan fingerprint density at radius 3 is 2.48 bits per heavy atom. The quantitative estimate of drug-likeness (QED) is 0.212. The van der Waals surface area contributed by atoms with Gasteiger partial charge in [-0.1, -0.05) is 72.8 Å². The molecule has 0 unspecified atom stereocenters. The number of rotatable bonds is 5. The van der Waals surface area contributed by atoms with Gasteiger partial charge in [-0.2, -0.15) is 5.10 Å². The lowest BCUT2D eigenvalue weighted by atomic mass is 10.0. The van der Waals surface area contributed by atoms with E-state index in [1.54, 1.807) is 12.3 Å². The van der Waals surface area contributed by atoms with Crippen LogP contribution in [0.4, 0.5) is 5.69 Å². The summed E-state index contributed by atoms with van der Waals surface area (Å²) in [4.78, 5) is 27.0. The Hall–Kier alpha value is -4.78. The fourth-order valence-electron chi connectivity index (χ4n) is 3.95. The zero-order valence-electron chi connectivity index (χ0n) is 17.4. The fraction of sp³-hybridized carbons (Fsp3) is 0. The lowest BCUT2D eigenvalue weighted by molar-refractivity contribution is -0.384. The Bertz CT molecular complexity index is 1530. The van der Waals surface area contributed by atoms with E-state index in [0.717, 1.165) is 21.9 Å². The Balaban J connectivity index is 1.53. The number of aromatic amines is 1. The first-order chi connectivity index (χ1) is 16.1. The van der Waals surface area contributed by atoms with E-state index < -0.39 is 10.8 Å². The fourth-order valence-corrected chi connectivity index (χ4v) is 3.95. The maximum atomic E-state index is 13.1. The van der Waals surface area contributed by atoms with Gasteiger partial charge in [0.05, 0.1) is 11.1 Å². The molecule has 0 atom stereocenters. The maximum Gasteiger partial charge on any atom is 0.288 e. The van der Waals surface area contributed by atoms with Crippen LogP contribution in [-0.2, 0) is 0 Å². The highest BCUT2D eigenvalue weighted by molar-refractivity contribution is 6.10. The molecule has 160 valence electrons. The van der Waals surface area contributed by atoms with Gasteiger partial charge in [0.2, 0.25) is 0 Å². The molecule has 7 nitrogen and oxygen atoms in total. The Labute approximate surface area is 188 Å². The van der Waals surface area contributed by atoms with Gasteiger partial charge in [0, 0.05) is 34.2 Å². The number of fused-ring (bicyclic) bond motifs is 2. The second-order valence-electron chi connectivity index (χ2n) is 7.50. The van der Waals surface area contributed by atoms with Crippen LogP contribution in [0.5, 0.6) is 0 Å². The minimum atomic E-state index is -0.449. The summed E-state index contributed by atoms with van der Waals surface area (Å²) in [6, 6.07) is 27.6. The molecule has 0 saturated heterocycles. The predicted octanol–water partition coefficient (Wildman–Crippen LogP) is 5.66. The van der Waals surface area contributed by atoms with Crippen molar-refractivity contribution in [1.82, 2.24) is 10.4 Å². The molecule has 1 amide bonds. The molecule has 4 aromatic carbocycles. The number of nitro benzene ring substituents is 1. The van der Waals surface area contributed by atoms with Crippen molar-refractivity contribution >= 4 is 39.5 Å². The average molecular weight is 434 g/mol. The summed E-state index contributed by atoms with van der Waals surface area (Å²) in [7, 11) is 0. The number of H-pyrrole nitrogens is 1. The second kappa shape index (κ2) is 8.39. The number of aromatic nitrogens is 1. The van der Waals surface area contributed by atoms with Crippen molar-refractivity contribution in [2.75, 3.05) is 0 Å². The minimum absolute atomic E-state index is 0.0420. The molecule has 0 fully saturated rings. The van der Waals surface area contributed by atoms with E-state index >= 15 is 0 Å². The van der Waals surface area contributed by atoms with Crippen LogP contribution in [0.25, 0.3) is 32.8 Å². The molecule has 1 aromatic heterocycles. The molecule has 0 saturated carbocycles. The van der Waals surface area contributed by atoms with Crippen LogP contribution in [0.2, 0.25) is 0 Å². The van der Waals surface area contributed by atoms with E-state index in [0.29, 0.717) is 16.5 Å². The number of amides is 1. The molecular weight excluding hydrogens is 416 g/mol. The summed E-state index contributed by atoms with van der Waals surface area (Å²) >= 11 is 0. The standard InChI is InChI=1S/C26H18N4O3/c31-26(29-27-16-19-11-6-10-17-7-4-5-12-21(17)19)25-24(18-8-2-1-3-9-18)22-15-20(30(32)33)13-14-23(22)28-25/h1-16,28H,(H,29,31). The van der Waals surface area contributed by atoms with Gasteiger partial charge >= 0.3 is 0 Å². The zero-order chi connectivity index (χ0) is 22.8. The molecule has 0 aliphatic heterocycles. The number of hydrazone groups is 1. The van der Waals surface area contributed by atoms with Crippen LogP contribution in [0.3, 0.4) is 0 Å². The largest absolute Gasteiger partial charge is 0.350 e. The zero-order valence-corrected chi connectivity index (χ0v) is 17.4. The molecule has 7 heteroatoms. The molecule has 5 rings (SSSR count). The first-order valence-electron chi connectivity index (χ1n) is 10.3. The summed E-state index contributed by atoms with van der Waals surface area (Å²) in [6.07, 6.45) is 1.61. The van der Waals surface area contributed by atoms with E-state index in [1.165, 1.54) is 12.1 Å². The Morgan fingerprint density at radius 2 is 1.67 bits per heavy atom. The third kappa shape index (κ3) is 3.83. The molecule has 0 aliphatic rings.